The molecule has 1 heterocycles. The minimum Gasteiger partial charge on any atom is -0.376 e. The van der Waals surface area contributed by atoms with E-state index in [1.807, 2.05) is 0 Å². The Kier molecular flexibility index (Phi) is 3.82. The highest BCUT2D eigenvalue weighted by Gasteiger charge is 2.21. The van der Waals surface area contributed by atoms with Crippen molar-refractivity contribution in [2.75, 3.05) is 13.2 Å². The van der Waals surface area contributed by atoms with Crippen molar-refractivity contribution in [3.8, 4) is 0 Å². The Morgan fingerprint density at radius 2 is 1.93 bits per heavy atom. The van der Waals surface area contributed by atoms with Gasteiger partial charge in [-0.15, -0.1) is 0 Å². The molecule has 14 heavy (non-hydrogen) atoms. The maximum absolute atomic E-state index is 5.89. The summed E-state index contributed by atoms with van der Waals surface area (Å²) in [4.78, 5) is 0. The van der Waals surface area contributed by atoms with Gasteiger partial charge in [-0.05, 0) is 44.4 Å². The lowest BCUT2D eigenvalue weighted by Gasteiger charge is -2.27. The Labute approximate surface area is 87.0 Å². The SMILES string of the molecule is CC1CCC(OCC2CCCO2)CC1. The second kappa shape index (κ2) is 5.13. The molecule has 1 aliphatic carbocycles. The third-order valence-electron chi connectivity index (χ3n) is 3.50. The van der Waals surface area contributed by atoms with Gasteiger partial charge in [0.15, 0.2) is 0 Å². The fourth-order valence-electron chi connectivity index (χ4n) is 2.42. The Morgan fingerprint density at radius 3 is 2.57 bits per heavy atom. The zero-order valence-corrected chi connectivity index (χ0v) is 9.21. The second-order valence-electron chi connectivity index (χ2n) is 4.85. The zero-order valence-electron chi connectivity index (χ0n) is 9.21. The van der Waals surface area contributed by atoms with E-state index in [-0.39, 0.29) is 0 Å². The molecule has 0 aromatic rings. The van der Waals surface area contributed by atoms with E-state index >= 15 is 0 Å². The predicted molar refractivity (Wildman–Crippen MR) is 56.3 cm³/mol. The van der Waals surface area contributed by atoms with Gasteiger partial charge in [0.2, 0.25) is 0 Å². The van der Waals surface area contributed by atoms with Gasteiger partial charge in [0.05, 0.1) is 18.8 Å². The second-order valence-corrected chi connectivity index (χ2v) is 4.85. The summed E-state index contributed by atoms with van der Waals surface area (Å²) in [5, 5.41) is 0. The third-order valence-corrected chi connectivity index (χ3v) is 3.50. The molecule has 2 aliphatic rings. The number of hydrogen-bond acceptors (Lipinski definition) is 2. The van der Waals surface area contributed by atoms with Crippen LogP contribution in [0.1, 0.15) is 45.4 Å². The van der Waals surface area contributed by atoms with Crippen molar-refractivity contribution in [1.82, 2.24) is 0 Å². The molecule has 1 unspecified atom stereocenters. The normalized spacial score (nSPS) is 38.8. The quantitative estimate of drug-likeness (QED) is 0.694. The van der Waals surface area contributed by atoms with E-state index in [1.165, 1.54) is 38.5 Å². The van der Waals surface area contributed by atoms with Gasteiger partial charge < -0.3 is 9.47 Å². The maximum Gasteiger partial charge on any atom is 0.0809 e. The summed E-state index contributed by atoms with van der Waals surface area (Å²) >= 11 is 0. The van der Waals surface area contributed by atoms with Gasteiger partial charge in [-0.2, -0.15) is 0 Å². The van der Waals surface area contributed by atoms with E-state index in [9.17, 15) is 0 Å². The van der Waals surface area contributed by atoms with Crippen LogP contribution in [0.5, 0.6) is 0 Å². The zero-order chi connectivity index (χ0) is 9.80. The summed E-state index contributed by atoms with van der Waals surface area (Å²) in [6, 6.07) is 0. The summed E-state index contributed by atoms with van der Waals surface area (Å²) in [7, 11) is 0. The van der Waals surface area contributed by atoms with Crippen LogP contribution in [0, 0.1) is 5.92 Å². The number of ether oxygens (including phenoxy) is 2. The van der Waals surface area contributed by atoms with Gasteiger partial charge in [0.1, 0.15) is 0 Å². The van der Waals surface area contributed by atoms with Crippen LogP contribution in [0.4, 0.5) is 0 Å². The molecular weight excluding hydrogens is 176 g/mol. The molecule has 0 radical (unpaired) electrons. The van der Waals surface area contributed by atoms with Crippen molar-refractivity contribution < 1.29 is 9.47 Å². The Bertz CT molecular complexity index is 156. The smallest absolute Gasteiger partial charge is 0.0809 e. The summed E-state index contributed by atoms with van der Waals surface area (Å²) in [6.45, 7) is 4.12. The first-order valence-corrected chi connectivity index (χ1v) is 6.08. The van der Waals surface area contributed by atoms with Gasteiger partial charge >= 0.3 is 0 Å². The van der Waals surface area contributed by atoms with Crippen LogP contribution >= 0.6 is 0 Å². The first-order chi connectivity index (χ1) is 6.84. The molecule has 0 aromatic carbocycles. The van der Waals surface area contributed by atoms with Crippen molar-refractivity contribution in [3.05, 3.63) is 0 Å². The van der Waals surface area contributed by atoms with Crippen molar-refractivity contribution in [3.63, 3.8) is 0 Å². The van der Waals surface area contributed by atoms with E-state index in [1.54, 1.807) is 0 Å². The number of rotatable bonds is 3. The van der Waals surface area contributed by atoms with Crippen LogP contribution in [-0.4, -0.2) is 25.4 Å². The van der Waals surface area contributed by atoms with Gasteiger partial charge in [-0.25, -0.2) is 0 Å². The van der Waals surface area contributed by atoms with Crippen LogP contribution in [0.15, 0.2) is 0 Å². The standard InChI is InChI=1S/C12H22O2/c1-10-4-6-11(7-5-10)14-9-12-3-2-8-13-12/h10-12H,2-9H2,1H3. The van der Waals surface area contributed by atoms with Crippen LogP contribution < -0.4 is 0 Å². The lowest BCUT2D eigenvalue weighted by Crippen LogP contribution is -2.25. The van der Waals surface area contributed by atoms with E-state index < -0.39 is 0 Å². The molecular formula is C12H22O2. The minimum atomic E-state index is 0.398. The minimum absolute atomic E-state index is 0.398. The van der Waals surface area contributed by atoms with E-state index in [4.69, 9.17) is 9.47 Å². The highest BCUT2D eigenvalue weighted by Crippen LogP contribution is 2.26. The van der Waals surface area contributed by atoms with Crippen molar-refractivity contribution in [2.45, 2.75) is 57.7 Å². The molecule has 1 saturated carbocycles. The van der Waals surface area contributed by atoms with Gasteiger partial charge in [0.25, 0.3) is 0 Å². The fourth-order valence-corrected chi connectivity index (χ4v) is 2.42. The van der Waals surface area contributed by atoms with Crippen LogP contribution in [-0.2, 0) is 9.47 Å². The summed E-state index contributed by atoms with van der Waals surface area (Å²) in [5.41, 5.74) is 0. The number of hydrogen-bond donors (Lipinski definition) is 0. The molecule has 2 fully saturated rings. The Balaban J connectivity index is 1.60. The summed E-state index contributed by atoms with van der Waals surface area (Å²) in [6.07, 6.45) is 8.54. The molecule has 2 nitrogen and oxygen atoms in total. The molecule has 1 atom stereocenters. The fraction of sp³-hybridized carbons (Fsp3) is 1.00. The molecule has 0 spiro atoms. The van der Waals surface area contributed by atoms with Crippen molar-refractivity contribution in [2.24, 2.45) is 5.92 Å². The van der Waals surface area contributed by atoms with Crippen LogP contribution in [0.3, 0.4) is 0 Å². The average Bonchev–Trinajstić information content (AvgIpc) is 2.70. The van der Waals surface area contributed by atoms with E-state index in [0.29, 0.717) is 12.2 Å². The third kappa shape index (κ3) is 2.96. The summed E-state index contributed by atoms with van der Waals surface area (Å²) < 4.78 is 11.4. The highest BCUT2D eigenvalue weighted by molar-refractivity contribution is 4.71. The van der Waals surface area contributed by atoms with Crippen LogP contribution in [0.2, 0.25) is 0 Å². The Morgan fingerprint density at radius 1 is 1.14 bits per heavy atom. The average molecular weight is 198 g/mol. The monoisotopic (exact) mass is 198 g/mol. The van der Waals surface area contributed by atoms with Crippen molar-refractivity contribution >= 4 is 0 Å². The topological polar surface area (TPSA) is 18.5 Å². The molecule has 2 rings (SSSR count). The first-order valence-electron chi connectivity index (χ1n) is 6.08. The van der Waals surface area contributed by atoms with Gasteiger partial charge in [-0.3, -0.25) is 0 Å². The molecule has 1 saturated heterocycles. The van der Waals surface area contributed by atoms with Gasteiger partial charge in [0, 0.05) is 6.61 Å². The first kappa shape index (κ1) is 10.4. The van der Waals surface area contributed by atoms with E-state index in [0.717, 1.165) is 19.1 Å². The van der Waals surface area contributed by atoms with E-state index in [2.05, 4.69) is 6.92 Å². The lowest BCUT2D eigenvalue weighted by molar-refractivity contribution is -0.0365. The molecule has 2 heteroatoms. The lowest BCUT2D eigenvalue weighted by atomic mass is 9.89. The molecule has 82 valence electrons. The molecule has 0 amide bonds. The summed E-state index contributed by atoms with van der Waals surface area (Å²) in [5.74, 6) is 0.914. The predicted octanol–water partition coefficient (Wildman–Crippen LogP) is 2.76. The highest BCUT2D eigenvalue weighted by atomic mass is 16.5. The largest absolute Gasteiger partial charge is 0.376 e. The Hall–Kier alpha value is -0.0800. The maximum atomic E-state index is 5.89. The molecule has 0 bridgehead atoms. The van der Waals surface area contributed by atoms with Gasteiger partial charge in [-0.1, -0.05) is 6.92 Å². The van der Waals surface area contributed by atoms with Crippen molar-refractivity contribution in [1.29, 1.82) is 0 Å². The molecule has 1 aliphatic heterocycles. The molecule has 0 aromatic heterocycles. The van der Waals surface area contributed by atoms with Crippen LogP contribution in [0.25, 0.3) is 0 Å². The molecule has 0 N–H and O–H groups in total.